The van der Waals surface area contributed by atoms with Crippen LogP contribution in [0, 0.1) is 5.92 Å². The Kier molecular flexibility index (Phi) is 11.4. The van der Waals surface area contributed by atoms with Crippen molar-refractivity contribution in [1.29, 1.82) is 0 Å². The number of aliphatic hydroxyl groups is 3. The lowest BCUT2D eigenvalue weighted by atomic mass is 9.84. The average Bonchev–Trinajstić information content (AvgIpc) is 2.79. The molecule has 210 valence electrons. The highest BCUT2D eigenvalue weighted by atomic mass is 35.5. The molecule has 2 saturated heterocycles. The molecule has 10 heteroatoms. The topological polar surface area (TPSA) is 135 Å². The summed E-state index contributed by atoms with van der Waals surface area (Å²) in [5.74, 6) is -2.32. The summed E-state index contributed by atoms with van der Waals surface area (Å²) in [5.41, 5.74) is -0.749. The number of alkyl halides is 1. The molecule has 0 aromatic heterocycles. The third-order valence-electron chi connectivity index (χ3n) is 6.75. The second-order valence-corrected chi connectivity index (χ2v) is 10.8. The van der Waals surface area contributed by atoms with Crippen LogP contribution in [0.4, 0.5) is 0 Å². The molecule has 9 atom stereocenters. The van der Waals surface area contributed by atoms with Crippen molar-refractivity contribution in [1.82, 2.24) is 5.32 Å². The van der Waals surface area contributed by atoms with E-state index >= 15 is 0 Å². The maximum atomic E-state index is 12.3. The first-order chi connectivity index (χ1) is 17.2. The molecule has 0 bridgehead atoms. The van der Waals surface area contributed by atoms with Crippen LogP contribution in [-0.2, 0) is 23.8 Å². The molecule has 0 radical (unpaired) electrons. The molecule has 0 aliphatic carbocycles. The first-order valence-corrected chi connectivity index (χ1v) is 13.2. The van der Waals surface area contributed by atoms with Crippen molar-refractivity contribution < 1.29 is 39.1 Å². The van der Waals surface area contributed by atoms with Crippen molar-refractivity contribution in [3.8, 4) is 0 Å². The highest BCUT2D eigenvalue weighted by molar-refractivity contribution is 6.18. The van der Waals surface area contributed by atoms with Crippen LogP contribution in [0.15, 0.2) is 36.0 Å². The molecular formula is C27H42ClNO8. The van der Waals surface area contributed by atoms with Crippen LogP contribution in [0.5, 0.6) is 0 Å². The zero-order valence-corrected chi connectivity index (χ0v) is 23.3. The minimum Gasteiger partial charge on any atom is -0.459 e. The predicted octanol–water partition coefficient (Wildman–Crippen LogP) is 2.51. The lowest BCUT2D eigenvalue weighted by molar-refractivity contribution is -0.302. The minimum absolute atomic E-state index is 0.0374. The van der Waals surface area contributed by atoms with E-state index in [1.807, 2.05) is 19.9 Å². The van der Waals surface area contributed by atoms with Crippen molar-refractivity contribution in [2.75, 3.05) is 5.88 Å². The molecule has 2 fully saturated rings. The monoisotopic (exact) mass is 543 g/mol. The summed E-state index contributed by atoms with van der Waals surface area (Å²) < 4.78 is 16.7. The van der Waals surface area contributed by atoms with Crippen molar-refractivity contribution >= 4 is 23.5 Å². The molecule has 2 heterocycles. The Morgan fingerprint density at radius 2 is 1.92 bits per heavy atom. The number of nitrogens with one attached hydrogen (secondary N) is 1. The fourth-order valence-electron chi connectivity index (χ4n) is 4.73. The Morgan fingerprint density at radius 3 is 2.54 bits per heavy atom. The molecule has 1 amide bonds. The van der Waals surface area contributed by atoms with Crippen LogP contribution in [0.1, 0.15) is 60.8 Å². The average molecular weight is 544 g/mol. The normalized spacial score (nSPS) is 38.1. The Labute approximate surface area is 224 Å². The van der Waals surface area contributed by atoms with Gasteiger partial charge < -0.3 is 34.8 Å². The van der Waals surface area contributed by atoms with Gasteiger partial charge in [-0.15, -0.1) is 11.6 Å². The second-order valence-electron chi connectivity index (χ2n) is 10.5. The number of allylic oxidation sites excluding steroid dienone is 2. The zero-order chi connectivity index (χ0) is 28.0. The lowest BCUT2D eigenvalue weighted by Gasteiger charge is -2.46. The van der Waals surface area contributed by atoms with Gasteiger partial charge in [-0.3, -0.25) is 9.59 Å². The van der Waals surface area contributed by atoms with Crippen LogP contribution in [-0.4, -0.2) is 81.0 Å². The zero-order valence-electron chi connectivity index (χ0n) is 22.5. The summed E-state index contributed by atoms with van der Waals surface area (Å²) in [5, 5.41) is 34.4. The van der Waals surface area contributed by atoms with Gasteiger partial charge >= 0.3 is 5.97 Å². The van der Waals surface area contributed by atoms with Gasteiger partial charge in [-0.2, -0.15) is 0 Å². The van der Waals surface area contributed by atoms with Crippen molar-refractivity contribution in [2.24, 2.45) is 5.92 Å². The number of amides is 1. The summed E-state index contributed by atoms with van der Waals surface area (Å²) in [7, 11) is 0. The Balaban J connectivity index is 1.91. The largest absolute Gasteiger partial charge is 0.459 e. The number of ether oxygens (including phenoxy) is 3. The standard InChI is InChI=1S/C27H42ClNO8/c1-16(8-11-23-25(32)27(34,15-28)14-26(6,33)37-23)7-10-22-17(2)13-21(19(4)36-22)29-24(31)12-9-18(3)35-20(5)30/h7-9,11-12,17-19,21-23,25,32-34H,10,13-15H2,1-6H3,(H,29,31)/b11-8+,12-9-,16-7+/t17-,18-,19+,21+,22-,23+,25+,26-,27+/m0/s1. The molecule has 0 saturated carbocycles. The number of hydrogen-bond donors (Lipinski definition) is 4. The summed E-state index contributed by atoms with van der Waals surface area (Å²) >= 11 is 5.85. The van der Waals surface area contributed by atoms with Gasteiger partial charge in [-0.25, -0.2) is 0 Å². The molecule has 2 aliphatic rings. The minimum atomic E-state index is -1.65. The van der Waals surface area contributed by atoms with Crippen molar-refractivity contribution in [2.45, 2.75) is 109 Å². The van der Waals surface area contributed by atoms with E-state index < -0.39 is 35.7 Å². The molecule has 37 heavy (non-hydrogen) atoms. The van der Waals surface area contributed by atoms with E-state index in [0.29, 0.717) is 6.42 Å². The maximum absolute atomic E-state index is 12.3. The van der Waals surface area contributed by atoms with Crippen LogP contribution in [0.2, 0.25) is 0 Å². The van der Waals surface area contributed by atoms with Gasteiger partial charge in [-0.1, -0.05) is 30.7 Å². The Morgan fingerprint density at radius 1 is 1.24 bits per heavy atom. The van der Waals surface area contributed by atoms with Crippen LogP contribution >= 0.6 is 11.6 Å². The maximum Gasteiger partial charge on any atom is 0.303 e. The quantitative estimate of drug-likeness (QED) is 0.151. The fourth-order valence-corrected chi connectivity index (χ4v) is 4.99. The summed E-state index contributed by atoms with van der Waals surface area (Å²) in [6.07, 6.45) is 6.62. The van der Waals surface area contributed by atoms with Gasteiger partial charge in [0.25, 0.3) is 0 Å². The highest BCUT2D eigenvalue weighted by Crippen LogP contribution is 2.36. The van der Waals surface area contributed by atoms with E-state index in [-0.39, 0.29) is 42.4 Å². The van der Waals surface area contributed by atoms with E-state index in [2.05, 4.69) is 12.2 Å². The summed E-state index contributed by atoms with van der Waals surface area (Å²) in [4.78, 5) is 23.3. The van der Waals surface area contributed by atoms with Gasteiger partial charge in [0.05, 0.1) is 24.1 Å². The van der Waals surface area contributed by atoms with E-state index in [0.717, 1.165) is 12.0 Å². The van der Waals surface area contributed by atoms with E-state index in [1.165, 1.54) is 26.0 Å². The number of carbonyl (C=O) groups excluding carboxylic acids is 2. The summed E-state index contributed by atoms with van der Waals surface area (Å²) in [6, 6.07) is -0.143. The molecule has 9 nitrogen and oxygen atoms in total. The third kappa shape index (κ3) is 9.50. The van der Waals surface area contributed by atoms with E-state index in [4.69, 9.17) is 25.8 Å². The van der Waals surface area contributed by atoms with Crippen LogP contribution in [0.25, 0.3) is 0 Å². The molecule has 0 spiro atoms. The molecule has 0 unspecified atom stereocenters. The fraction of sp³-hybridized carbons (Fsp3) is 0.704. The summed E-state index contributed by atoms with van der Waals surface area (Å²) in [6.45, 7) is 10.3. The smallest absolute Gasteiger partial charge is 0.303 e. The van der Waals surface area contributed by atoms with Gasteiger partial charge in [0, 0.05) is 19.4 Å². The third-order valence-corrected chi connectivity index (χ3v) is 7.22. The van der Waals surface area contributed by atoms with Gasteiger partial charge in [-0.05, 0) is 52.5 Å². The number of carbonyl (C=O) groups is 2. The molecule has 2 rings (SSSR count). The van der Waals surface area contributed by atoms with E-state index in [9.17, 15) is 24.9 Å². The molecule has 0 aromatic carbocycles. The van der Waals surface area contributed by atoms with Crippen LogP contribution in [0.3, 0.4) is 0 Å². The highest BCUT2D eigenvalue weighted by Gasteiger charge is 2.51. The number of aliphatic hydroxyl groups excluding tert-OH is 1. The number of esters is 1. The number of hydrogen-bond acceptors (Lipinski definition) is 8. The molecule has 0 aromatic rings. The molecule has 4 N–H and O–H groups in total. The first-order valence-electron chi connectivity index (χ1n) is 12.7. The SMILES string of the molecule is CC(=O)O[C@@H](C)/C=C\C(=O)N[C@@H]1C[C@H](C)[C@H](C/C=C(C)/C=C/[C@H]2O[C@](C)(O)C[C@@](O)(CCl)[C@@H]2O)O[C@@H]1C. The Bertz CT molecular complexity index is 888. The van der Waals surface area contributed by atoms with Gasteiger partial charge in [0.1, 0.15) is 23.9 Å². The number of rotatable bonds is 9. The molecule has 2 aliphatic heterocycles. The Hall–Kier alpha value is -1.75. The van der Waals surface area contributed by atoms with Crippen molar-refractivity contribution in [3.05, 3.63) is 36.0 Å². The van der Waals surface area contributed by atoms with Crippen LogP contribution < -0.4 is 5.32 Å². The van der Waals surface area contributed by atoms with Gasteiger partial charge in [0.15, 0.2) is 5.79 Å². The molecular weight excluding hydrogens is 502 g/mol. The predicted molar refractivity (Wildman–Crippen MR) is 140 cm³/mol. The van der Waals surface area contributed by atoms with Crippen molar-refractivity contribution in [3.63, 3.8) is 0 Å². The second kappa shape index (κ2) is 13.4. The number of halogens is 1. The van der Waals surface area contributed by atoms with E-state index in [1.54, 1.807) is 19.1 Å². The van der Waals surface area contributed by atoms with Gasteiger partial charge in [0.2, 0.25) is 5.91 Å². The lowest BCUT2D eigenvalue weighted by Crippen LogP contribution is -2.61. The first kappa shape index (κ1) is 31.5.